The lowest BCUT2D eigenvalue weighted by Crippen LogP contribution is -2.37. The maximum atomic E-state index is 15.3. The van der Waals surface area contributed by atoms with E-state index in [1.807, 2.05) is 32.0 Å². The highest BCUT2D eigenvalue weighted by atomic mass is 79.9. The van der Waals surface area contributed by atoms with Crippen molar-refractivity contribution < 1.29 is 72.7 Å². The first-order valence-electron chi connectivity index (χ1n) is 21.7. The molecule has 0 bridgehead atoms. The quantitative estimate of drug-likeness (QED) is 0.0554. The van der Waals surface area contributed by atoms with E-state index in [1.54, 1.807) is 87.4 Å². The van der Waals surface area contributed by atoms with Gasteiger partial charge in [-0.3, -0.25) is 9.59 Å². The average Bonchev–Trinajstić information content (AvgIpc) is 3.20. The normalized spacial score (nSPS) is 13.7. The van der Waals surface area contributed by atoms with E-state index in [1.165, 1.54) is 6.07 Å². The minimum atomic E-state index is -4.97. The van der Waals surface area contributed by atoms with Crippen LogP contribution in [-0.4, -0.2) is 60.2 Å². The van der Waals surface area contributed by atoms with Crippen molar-refractivity contribution in [2.45, 2.75) is 130 Å². The number of hydrogen-bond acceptors (Lipinski definition) is 8. The van der Waals surface area contributed by atoms with E-state index in [0.717, 1.165) is 23.3 Å². The maximum absolute atomic E-state index is 15.3. The molecule has 0 spiro atoms. The molecule has 22 heteroatoms. The van der Waals surface area contributed by atoms with Crippen molar-refractivity contribution in [1.29, 1.82) is 0 Å². The molecule has 4 aromatic rings. The van der Waals surface area contributed by atoms with Crippen LogP contribution in [0.25, 0.3) is 11.1 Å². The highest BCUT2D eigenvalue weighted by Crippen LogP contribution is 2.41. The maximum Gasteiger partial charge on any atom is 0.488 e. The Morgan fingerprint density at radius 1 is 0.643 bits per heavy atom. The third kappa shape index (κ3) is 18.2. The molecule has 0 aliphatic heterocycles. The molecule has 0 saturated carbocycles. The molecular weight excluding hydrogens is 1040 g/mol. The minimum absolute atomic E-state index is 0.0153. The monoisotopic (exact) mass is 1100 g/mol. The number of halogens is 9. The number of alkyl halides is 6. The third-order valence-corrected chi connectivity index (χ3v) is 13.7. The molecule has 0 unspecified atom stereocenters. The van der Waals surface area contributed by atoms with Crippen molar-refractivity contribution in [2.75, 3.05) is 13.2 Å². The van der Waals surface area contributed by atoms with Gasteiger partial charge in [0.2, 0.25) is 0 Å². The summed E-state index contributed by atoms with van der Waals surface area (Å²) in [6, 6.07) is 12.2. The summed E-state index contributed by atoms with van der Waals surface area (Å²) < 4.78 is 149. The zero-order valence-electron chi connectivity index (χ0n) is 40.9. The molecule has 0 saturated heterocycles. The smallest absolute Gasteiger partial charge is 0.466 e. The van der Waals surface area contributed by atoms with Crippen LogP contribution < -0.4 is 14.9 Å². The van der Waals surface area contributed by atoms with Crippen LogP contribution in [0.3, 0.4) is 0 Å². The van der Waals surface area contributed by atoms with E-state index in [4.69, 9.17) is 19.5 Å². The van der Waals surface area contributed by atoms with Gasteiger partial charge in [-0.15, -0.1) is 0 Å². The first-order valence-corrected chi connectivity index (χ1v) is 24.8. The lowest BCUT2D eigenvalue weighted by Gasteiger charge is -2.26. The summed E-state index contributed by atoms with van der Waals surface area (Å²) >= 11 is 2.92. The Balaban J connectivity index is 0.000000401. The summed E-state index contributed by atoms with van der Waals surface area (Å²) in [5.41, 5.74) is 0.845. The number of nitrogens with one attached hydrogen (secondary N) is 2. The molecule has 0 aliphatic carbocycles. The van der Waals surface area contributed by atoms with Crippen LogP contribution in [0.1, 0.15) is 125 Å². The van der Waals surface area contributed by atoms with Crippen molar-refractivity contribution in [3.8, 4) is 11.1 Å². The lowest BCUT2D eigenvalue weighted by atomic mass is 9.74. The summed E-state index contributed by atoms with van der Waals surface area (Å²) in [7, 11) is -4.89. The van der Waals surface area contributed by atoms with Crippen molar-refractivity contribution in [2.24, 2.45) is 0 Å². The first kappa shape index (κ1) is 62.1. The fraction of sp³-hybridized carbons (Fsp3) is 0.458. The molecule has 0 radical (unpaired) electrons. The molecular formula is C48H60BBrF8N2O8S2. The van der Waals surface area contributed by atoms with Gasteiger partial charge in [0.05, 0.1) is 80.7 Å². The van der Waals surface area contributed by atoms with E-state index < -0.39 is 122 Å². The van der Waals surface area contributed by atoms with E-state index in [0.29, 0.717) is 28.2 Å². The van der Waals surface area contributed by atoms with Crippen LogP contribution in [0.2, 0.25) is 0 Å². The summed E-state index contributed by atoms with van der Waals surface area (Å²) in [6.07, 6.45) is -10.8. The van der Waals surface area contributed by atoms with Crippen LogP contribution >= 0.6 is 15.9 Å². The van der Waals surface area contributed by atoms with Crippen molar-refractivity contribution in [3.63, 3.8) is 0 Å². The fourth-order valence-corrected chi connectivity index (χ4v) is 8.76. The summed E-state index contributed by atoms with van der Waals surface area (Å²) in [6.45, 7) is 20.4. The van der Waals surface area contributed by atoms with Gasteiger partial charge in [-0.2, -0.15) is 26.3 Å². The highest BCUT2D eigenvalue weighted by Gasteiger charge is 2.39. The van der Waals surface area contributed by atoms with Gasteiger partial charge in [-0.05, 0) is 135 Å². The molecule has 0 aromatic heterocycles. The second-order valence-corrected chi connectivity index (χ2v) is 22.8. The zero-order chi connectivity index (χ0) is 53.9. The zero-order valence-corrected chi connectivity index (χ0v) is 44.1. The molecule has 70 heavy (non-hydrogen) atoms. The van der Waals surface area contributed by atoms with E-state index >= 15 is 4.39 Å². The Kier molecular flexibility index (Phi) is 23.1. The molecule has 10 nitrogen and oxygen atoms in total. The Morgan fingerprint density at radius 2 is 1.00 bits per heavy atom. The Morgan fingerprint density at radius 3 is 1.33 bits per heavy atom. The molecule has 0 heterocycles. The molecule has 4 aromatic carbocycles. The number of benzene rings is 4. The number of aryl methyl sites for hydroxylation is 4. The van der Waals surface area contributed by atoms with Crippen molar-refractivity contribution >= 4 is 62.4 Å². The summed E-state index contributed by atoms with van der Waals surface area (Å²) in [5.74, 6) is -4.52. The third-order valence-electron chi connectivity index (χ3n) is 10.1. The van der Waals surface area contributed by atoms with Gasteiger partial charge in [0.1, 0.15) is 11.6 Å². The predicted octanol–water partition coefficient (Wildman–Crippen LogP) is 10.8. The number of ether oxygens (including phenoxy) is 2. The van der Waals surface area contributed by atoms with Gasteiger partial charge < -0.3 is 19.5 Å². The summed E-state index contributed by atoms with van der Waals surface area (Å²) in [5, 5.41) is 17.9. The number of hydrogen-bond donors (Lipinski definition) is 4. The Bertz CT molecular complexity index is 2460. The predicted molar refractivity (Wildman–Crippen MR) is 261 cm³/mol. The Hall–Kier alpha value is -4.06. The van der Waals surface area contributed by atoms with Gasteiger partial charge in [-0.1, -0.05) is 63.5 Å². The Labute approximate surface area is 418 Å². The summed E-state index contributed by atoms with van der Waals surface area (Å²) in [4.78, 5) is 24.0. The second kappa shape index (κ2) is 26.1. The molecule has 0 aliphatic rings. The van der Waals surface area contributed by atoms with Crippen LogP contribution in [0.4, 0.5) is 35.1 Å². The van der Waals surface area contributed by atoms with Gasteiger partial charge in [0, 0.05) is 15.6 Å². The molecule has 4 atom stereocenters. The number of carbonyl (C=O) groups is 2. The molecule has 4 N–H and O–H groups in total. The van der Waals surface area contributed by atoms with E-state index in [9.17, 15) is 48.7 Å². The topological polar surface area (TPSA) is 151 Å². The van der Waals surface area contributed by atoms with Gasteiger partial charge in [0.25, 0.3) is 0 Å². The number of esters is 2. The molecule has 0 fully saturated rings. The first-order chi connectivity index (χ1) is 32.1. The van der Waals surface area contributed by atoms with Gasteiger partial charge in [0.15, 0.2) is 0 Å². The highest BCUT2D eigenvalue weighted by molar-refractivity contribution is 9.10. The van der Waals surface area contributed by atoms with Crippen LogP contribution in [0, 0.1) is 39.3 Å². The van der Waals surface area contributed by atoms with Crippen LogP contribution in [0.5, 0.6) is 0 Å². The molecule has 388 valence electrons. The van der Waals surface area contributed by atoms with Crippen molar-refractivity contribution in [1.82, 2.24) is 9.44 Å². The molecule has 0 amide bonds. The second-order valence-electron chi connectivity index (χ2n) is 17.8. The van der Waals surface area contributed by atoms with Crippen molar-refractivity contribution in [3.05, 3.63) is 121 Å². The standard InChI is InChI=1S/C24H29F4NO3S.C16H20BrF4NO3S.C8H11BO2/c1-7-32-20(30)13-19(29-33(31)23(4,5)6)17-11-16(12-18(22(17)25)24(26,27)28)21-14(2)9-8-10-15(21)3;1-5-25-13(23)8-12(22-26(24)15(2,3)4)10-6-9(17)7-11(14(10)18)16(19,20)21;1-6-4-3-5-7(2)8(6)9(10)11/h8-12,19,29H,7,13H2,1-6H3;6-7,12,22H,5,8H2,1-4H3;3-5,10-11H,1-2H3/t19-,33+;12-,26+;/m00./s1. The van der Waals surface area contributed by atoms with E-state index in [2.05, 4.69) is 25.4 Å². The SMILES string of the molecule is CCOC(=O)C[C@H](N[S@](=O)C(C)(C)C)c1cc(-c2c(C)cccc2C)cc(C(F)(F)F)c1F.CCOC(=O)C[C@H](N[S@](=O)C(C)(C)C)c1cc(Br)cc(C(F)(F)F)c1F.Cc1cccc(C)c1B(O)O. The average molecular weight is 1100 g/mol. The van der Waals surface area contributed by atoms with Crippen LogP contribution in [-0.2, 0) is 53.4 Å². The van der Waals surface area contributed by atoms with Crippen LogP contribution in [0.15, 0.2) is 65.1 Å². The van der Waals surface area contributed by atoms with Gasteiger partial charge >= 0.3 is 31.4 Å². The largest absolute Gasteiger partial charge is 0.488 e. The minimum Gasteiger partial charge on any atom is -0.466 e. The lowest BCUT2D eigenvalue weighted by molar-refractivity contribution is -0.144. The van der Waals surface area contributed by atoms with Gasteiger partial charge in [-0.25, -0.2) is 26.6 Å². The number of rotatable bonds is 14. The van der Waals surface area contributed by atoms with E-state index in [-0.39, 0.29) is 23.2 Å². The number of carbonyl (C=O) groups excluding carboxylic acids is 2. The molecule has 4 rings (SSSR count). The fourth-order valence-electron chi connectivity index (χ4n) is 6.64.